The maximum atomic E-state index is 11.4. The third-order valence-electron chi connectivity index (χ3n) is 2.81. The van der Waals surface area contributed by atoms with Crippen LogP contribution in [0.15, 0.2) is 18.3 Å². The van der Waals surface area contributed by atoms with E-state index in [1.54, 1.807) is 17.7 Å². The molecule has 2 rings (SSSR count). The molecule has 0 fully saturated rings. The largest absolute Gasteiger partial charge is 0.398 e. The molecule has 0 unspecified atom stereocenters. The summed E-state index contributed by atoms with van der Waals surface area (Å²) in [6.45, 7) is 5.50. The summed E-state index contributed by atoms with van der Waals surface area (Å²) in [5.41, 5.74) is 9.70. The summed E-state index contributed by atoms with van der Waals surface area (Å²) in [4.78, 5) is 11.4. The lowest BCUT2D eigenvalue weighted by atomic mass is 10.1. The SMILES string of the molecule is CC(=O)n1ccc2c(C)c(N)cc(C)c21. The predicted molar refractivity (Wildman–Crippen MR) is 62.1 cm³/mol. The molecule has 0 amide bonds. The van der Waals surface area contributed by atoms with Gasteiger partial charge in [-0.05, 0) is 37.1 Å². The Morgan fingerprint density at radius 1 is 1.40 bits per heavy atom. The van der Waals surface area contributed by atoms with E-state index in [1.165, 1.54) is 0 Å². The number of rotatable bonds is 0. The summed E-state index contributed by atoms with van der Waals surface area (Å²) in [5.74, 6) is 0.0253. The van der Waals surface area contributed by atoms with Gasteiger partial charge in [0.2, 0.25) is 5.91 Å². The first-order valence-corrected chi connectivity index (χ1v) is 4.90. The van der Waals surface area contributed by atoms with Gasteiger partial charge in [0.05, 0.1) is 5.52 Å². The molecule has 0 radical (unpaired) electrons. The first-order chi connectivity index (χ1) is 7.02. The average Bonchev–Trinajstić information content (AvgIpc) is 2.58. The summed E-state index contributed by atoms with van der Waals surface area (Å²) in [5, 5.41) is 1.06. The minimum atomic E-state index is 0.0253. The standard InChI is InChI=1S/C12H14N2O/c1-7-6-11(13)8(2)10-4-5-14(9(3)15)12(7)10/h4-6H,13H2,1-3H3. The summed E-state index contributed by atoms with van der Waals surface area (Å²) >= 11 is 0. The summed E-state index contributed by atoms with van der Waals surface area (Å²) < 4.78 is 1.66. The molecule has 78 valence electrons. The van der Waals surface area contributed by atoms with Crippen molar-refractivity contribution in [2.24, 2.45) is 0 Å². The van der Waals surface area contributed by atoms with Crippen LogP contribution in [-0.4, -0.2) is 10.5 Å². The van der Waals surface area contributed by atoms with Crippen LogP contribution in [0.3, 0.4) is 0 Å². The van der Waals surface area contributed by atoms with Crippen molar-refractivity contribution >= 4 is 22.5 Å². The van der Waals surface area contributed by atoms with E-state index in [0.717, 1.165) is 27.7 Å². The Balaban J connectivity index is 2.93. The molecule has 1 aromatic heterocycles. The van der Waals surface area contributed by atoms with Crippen LogP contribution in [0.2, 0.25) is 0 Å². The highest BCUT2D eigenvalue weighted by molar-refractivity contribution is 5.97. The first kappa shape index (κ1) is 9.77. The smallest absolute Gasteiger partial charge is 0.227 e. The number of nitrogen functional groups attached to an aromatic ring is 1. The van der Waals surface area contributed by atoms with Gasteiger partial charge in [-0.1, -0.05) is 0 Å². The van der Waals surface area contributed by atoms with E-state index in [2.05, 4.69) is 0 Å². The van der Waals surface area contributed by atoms with Crippen molar-refractivity contribution < 1.29 is 4.79 Å². The first-order valence-electron chi connectivity index (χ1n) is 4.90. The topological polar surface area (TPSA) is 48.0 Å². The van der Waals surface area contributed by atoms with Crippen LogP contribution < -0.4 is 5.73 Å². The number of nitrogens with two attached hydrogens (primary N) is 1. The number of anilines is 1. The van der Waals surface area contributed by atoms with Gasteiger partial charge < -0.3 is 5.73 Å². The van der Waals surface area contributed by atoms with Crippen molar-refractivity contribution in [3.8, 4) is 0 Å². The van der Waals surface area contributed by atoms with Crippen LogP contribution in [-0.2, 0) is 0 Å². The molecule has 0 aliphatic heterocycles. The monoisotopic (exact) mass is 202 g/mol. The highest BCUT2D eigenvalue weighted by Crippen LogP contribution is 2.27. The molecule has 0 bridgehead atoms. The molecule has 3 heteroatoms. The summed E-state index contributed by atoms with van der Waals surface area (Å²) in [7, 11) is 0. The zero-order valence-corrected chi connectivity index (χ0v) is 9.16. The molecule has 0 saturated carbocycles. The fourth-order valence-electron chi connectivity index (χ4n) is 1.97. The lowest BCUT2D eigenvalue weighted by molar-refractivity contribution is 0.0941. The second kappa shape index (κ2) is 3.12. The Hall–Kier alpha value is -1.77. The van der Waals surface area contributed by atoms with Crippen molar-refractivity contribution in [3.63, 3.8) is 0 Å². The van der Waals surface area contributed by atoms with Gasteiger partial charge >= 0.3 is 0 Å². The van der Waals surface area contributed by atoms with Gasteiger partial charge in [-0.15, -0.1) is 0 Å². The second-order valence-electron chi connectivity index (χ2n) is 3.87. The van der Waals surface area contributed by atoms with E-state index < -0.39 is 0 Å². The highest BCUT2D eigenvalue weighted by atomic mass is 16.1. The van der Waals surface area contributed by atoms with Crippen molar-refractivity contribution in [1.82, 2.24) is 4.57 Å². The zero-order chi connectivity index (χ0) is 11.2. The summed E-state index contributed by atoms with van der Waals surface area (Å²) in [6.07, 6.45) is 1.80. The van der Waals surface area contributed by atoms with E-state index in [1.807, 2.05) is 26.0 Å². The molecule has 0 aliphatic carbocycles. The lowest BCUT2D eigenvalue weighted by Gasteiger charge is -2.07. The minimum Gasteiger partial charge on any atom is -0.398 e. The van der Waals surface area contributed by atoms with Gasteiger partial charge in [0.15, 0.2) is 0 Å². The van der Waals surface area contributed by atoms with Gasteiger partial charge in [-0.3, -0.25) is 9.36 Å². The Labute approximate surface area is 88.5 Å². The predicted octanol–water partition coefficient (Wildman–Crippen LogP) is 2.50. The molecule has 0 aliphatic rings. The fraction of sp³-hybridized carbons (Fsp3) is 0.250. The fourth-order valence-corrected chi connectivity index (χ4v) is 1.97. The van der Waals surface area contributed by atoms with Gasteiger partial charge in [-0.2, -0.15) is 0 Å². The number of nitrogens with zero attached hydrogens (tertiary/aromatic N) is 1. The molecule has 3 nitrogen and oxygen atoms in total. The van der Waals surface area contributed by atoms with E-state index >= 15 is 0 Å². The number of benzene rings is 1. The zero-order valence-electron chi connectivity index (χ0n) is 9.16. The van der Waals surface area contributed by atoms with Crippen LogP contribution in [0, 0.1) is 13.8 Å². The lowest BCUT2D eigenvalue weighted by Crippen LogP contribution is -2.04. The number of hydrogen-bond acceptors (Lipinski definition) is 2. The Morgan fingerprint density at radius 3 is 2.67 bits per heavy atom. The van der Waals surface area contributed by atoms with Gasteiger partial charge in [-0.25, -0.2) is 0 Å². The number of aromatic nitrogens is 1. The number of aryl methyl sites for hydroxylation is 2. The number of carbonyl (C=O) groups is 1. The van der Waals surface area contributed by atoms with E-state index in [-0.39, 0.29) is 5.91 Å². The molecule has 0 spiro atoms. The van der Waals surface area contributed by atoms with Crippen LogP contribution in [0.4, 0.5) is 5.69 Å². The number of fused-ring (bicyclic) bond motifs is 1. The van der Waals surface area contributed by atoms with Gasteiger partial charge in [0.25, 0.3) is 0 Å². The Bertz CT molecular complexity index is 552. The minimum absolute atomic E-state index is 0.0253. The number of hydrogen-bond donors (Lipinski definition) is 1. The normalized spacial score (nSPS) is 10.9. The van der Waals surface area contributed by atoms with Crippen molar-refractivity contribution in [1.29, 1.82) is 0 Å². The molecule has 2 aromatic rings. The van der Waals surface area contributed by atoms with Gasteiger partial charge in [0, 0.05) is 24.2 Å². The third-order valence-corrected chi connectivity index (χ3v) is 2.81. The third kappa shape index (κ3) is 1.31. The quantitative estimate of drug-likeness (QED) is 0.667. The van der Waals surface area contributed by atoms with E-state index in [0.29, 0.717) is 0 Å². The molecular weight excluding hydrogens is 188 g/mol. The van der Waals surface area contributed by atoms with Crippen molar-refractivity contribution in [2.45, 2.75) is 20.8 Å². The van der Waals surface area contributed by atoms with E-state index in [9.17, 15) is 4.79 Å². The van der Waals surface area contributed by atoms with Crippen LogP contribution in [0.25, 0.3) is 10.9 Å². The summed E-state index contributed by atoms with van der Waals surface area (Å²) in [6, 6.07) is 3.85. The van der Waals surface area contributed by atoms with Crippen LogP contribution in [0.5, 0.6) is 0 Å². The molecule has 15 heavy (non-hydrogen) atoms. The Morgan fingerprint density at radius 2 is 2.07 bits per heavy atom. The maximum absolute atomic E-state index is 11.4. The molecule has 2 N–H and O–H groups in total. The Kier molecular flexibility index (Phi) is 2.03. The maximum Gasteiger partial charge on any atom is 0.227 e. The van der Waals surface area contributed by atoms with E-state index in [4.69, 9.17) is 5.73 Å². The number of carbonyl (C=O) groups excluding carboxylic acids is 1. The second-order valence-corrected chi connectivity index (χ2v) is 3.87. The average molecular weight is 202 g/mol. The van der Waals surface area contributed by atoms with Crippen molar-refractivity contribution in [2.75, 3.05) is 5.73 Å². The van der Waals surface area contributed by atoms with Crippen LogP contribution >= 0.6 is 0 Å². The van der Waals surface area contributed by atoms with Gasteiger partial charge in [0.1, 0.15) is 0 Å². The molecule has 0 atom stereocenters. The molecule has 1 heterocycles. The molecule has 0 saturated heterocycles. The van der Waals surface area contributed by atoms with Crippen molar-refractivity contribution in [3.05, 3.63) is 29.5 Å². The molecular formula is C12H14N2O. The van der Waals surface area contributed by atoms with Crippen LogP contribution in [0.1, 0.15) is 22.8 Å². The highest BCUT2D eigenvalue weighted by Gasteiger charge is 2.10. The molecule has 1 aromatic carbocycles.